The van der Waals surface area contributed by atoms with Gasteiger partial charge in [0.25, 0.3) is 0 Å². The monoisotopic (exact) mass is 272 g/mol. The van der Waals surface area contributed by atoms with Gasteiger partial charge in [0.2, 0.25) is 0 Å². The minimum absolute atomic E-state index is 0.407. The zero-order chi connectivity index (χ0) is 14.4. The minimum Gasteiger partial charge on any atom is -0.465 e. The van der Waals surface area contributed by atoms with Gasteiger partial charge in [-0.05, 0) is 35.4 Å². The van der Waals surface area contributed by atoms with Gasteiger partial charge in [0.15, 0.2) is 0 Å². The number of nitrogen functional groups attached to an aromatic ring is 1. The zero-order valence-corrected chi connectivity index (χ0v) is 10.9. The van der Waals surface area contributed by atoms with Crippen LogP contribution in [0.2, 0.25) is 0 Å². The second-order valence-electron chi connectivity index (χ2n) is 4.37. The van der Waals surface area contributed by atoms with Crippen molar-refractivity contribution in [2.45, 2.75) is 13.2 Å². The molecule has 5 nitrogen and oxygen atoms in total. The fourth-order valence-corrected chi connectivity index (χ4v) is 1.83. The van der Waals surface area contributed by atoms with Gasteiger partial charge in [-0.2, -0.15) is 0 Å². The quantitative estimate of drug-likeness (QED) is 0.730. The predicted octanol–water partition coefficient (Wildman–Crippen LogP) is 3.08. The summed E-state index contributed by atoms with van der Waals surface area (Å²) in [5, 5.41) is 11.0. The molecule has 0 spiro atoms. The first-order chi connectivity index (χ1) is 9.63. The molecule has 0 radical (unpaired) electrons. The fourth-order valence-electron chi connectivity index (χ4n) is 1.83. The van der Waals surface area contributed by atoms with E-state index in [9.17, 15) is 4.79 Å². The van der Waals surface area contributed by atoms with E-state index < -0.39 is 6.09 Å². The van der Waals surface area contributed by atoms with Gasteiger partial charge in [-0.1, -0.05) is 24.3 Å². The number of hydrogen-bond acceptors (Lipinski definition) is 3. The van der Waals surface area contributed by atoms with Crippen molar-refractivity contribution in [2.75, 3.05) is 11.1 Å². The van der Waals surface area contributed by atoms with Crippen LogP contribution >= 0.6 is 0 Å². The van der Waals surface area contributed by atoms with Crippen molar-refractivity contribution in [3.63, 3.8) is 0 Å². The molecule has 1 amide bonds. The average molecular weight is 272 g/mol. The molecule has 2 aromatic rings. The lowest BCUT2D eigenvalue weighted by Gasteiger charge is -2.07. The molecule has 0 atom stereocenters. The normalized spacial score (nSPS) is 10.2. The van der Waals surface area contributed by atoms with E-state index in [1.807, 2.05) is 30.3 Å². The Morgan fingerprint density at radius 1 is 1.10 bits per heavy atom. The first-order valence-electron chi connectivity index (χ1n) is 6.14. The minimum atomic E-state index is -1.08. The summed E-state index contributed by atoms with van der Waals surface area (Å²) in [5.74, 6) is 0. The molecule has 0 saturated carbocycles. The molecule has 0 aliphatic carbocycles. The first-order valence-corrected chi connectivity index (χ1v) is 6.14. The van der Waals surface area contributed by atoms with Crippen LogP contribution in [0, 0.1) is 0 Å². The molecule has 4 N–H and O–H groups in total. The maximum Gasteiger partial charge on any atom is 0.409 e. The van der Waals surface area contributed by atoms with Gasteiger partial charge in [0.1, 0.15) is 0 Å². The molecule has 0 fully saturated rings. The van der Waals surface area contributed by atoms with E-state index in [2.05, 4.69) is 5.32 Å². The van der Waals surface area contributed by atoms with Gasteiger partial charge in [-0.15, -0.1) is 0 Å². The van der Waals surface area contributed by atoms with Crippen LogP contribution in [0.4, 0.5) is 16.2 Å². The highest BCUT2D eigenvalue weighted by Crippen LogP contribution is 2.13. The summed E-state index contributed by atoms with van der Waals surface area (Å²) in [6, 6.07) is 14.6. The van der Waals surface area contributed by atoms with Gasteiger partial charge in [0, 0.05) is 11.4 Å². The van der Waals surface area contributed by atoms with Crippen LogP contribution in [0.15, 0.2) is 48.5 Å². The number of rotatable bonds is 5. The number of carbonyl (C=O) groups is 1. The van der Waals surface area contributed by atoms with Crippen molar-refractivity contribution in [3.05, 3.63) is 59.7 Å². The third-order valence-electron chi connectivity index (χ3n) is 2.67. The maximum absolute atomic E-state index is 10.6. The number of ether oxygens (including phenoxy) is 1. The Labute approximate surface area is 117 Å². The molecule has 20 heavy (non-hydrogen) atoms. The Morgan fingerprint density at radius 3 is 2.40 bits per heavy atom. The van der Waals surface area contributed by atoms with Crippen LogP contribution in [-0.4, -0.2) is 11.2 Å². The van der Waals surface area contributed by atoms with Crippen molar-refractivity contribution < 1.29 is 14.6 Å². The lowest BCUT2D eigenvalue weighted by molar-refractivity contribution is 0.107. The highest BCUT2D eigenvalue weighted by Gasteiger charge is 2.00. The third kappa shape index (κ3) is 4.29. The van der Waals surface area contributed by atoms with Crippen LogP contribution in [0.3, 0.4) is 0 Å². The third-order valence-corrected chi connectivity index (χ3v) is 2.67. The SMILES string of the molecule is Nc1cccc(COCc2cccc(NC(=O)O)c2)c1. The van der Waals surface area contributed by atoms with Gasteiger partial charge >= 0.3 is 6.09 Å². The molecule has 0 saturated heterocycles. The number of anilines is 2. The number of nitrogens with two attached hydrogens (primary N) is 1. The summed E-state index contributed by atoms with van der Waals surface area (Å²) < 4.78 is 5.59. The fraction of sp³-hybridized carbons (Fsp3) is 0.133. The van der Waals surface area contributed by atoms with Crippen LogP contribution in [0.5, 0.6) is 0 Å². The van der Waals surface area contributed by atoms with E-state index in [0.29, 0.717) is 24.6 Å². The number of nitrogens with one attached hydrogen (secondary N) is 1. The van der Waals surface area contributed by atoms with Crippen LogP contribution in [0.1, 0.15) is 11.1 Å². The Balaban J connectivity index is 1.89. The van der Waals surface area contributed by atoms with E-state index in [4.69, 9.17) is 15.6 Å². The molecule has 0 aliphatic rings. The van der Waals surface area contributed by atoms with Crippen LogP contribution < -0.4 is 11.1 Å². The second-order valence-corrected chi connectivity index (χ2v) is 4.37. The molecule has 0 heterocycles. The molecule has 104 valence electrons. The Bertz CT molecular complexity index is 599. The van der Waals surface area contributed by atoms with Gasteiger partial charge < -0.3 is 15.6 Å². The average Bonchev–Trinajstić information content (AvgIpc) is 2.38. The maximum atomic E-state index is 10.6. The largest absolute Gasteiger partial charge is 0.465 e. The zero-order valence-electron chi connectivity index (χ0n) is 10.9. The Morgan fingerprint density at radius 2 is 1.75 bits per heavy atom. The van der Waals surface area contributed by atoms with Crippen molar-refractivity contribution >= 4 is 17.5 Å². The van der Waals surface area contributed by atoms with E-state index in [1.54, 1.807) is 18.2 Å². The van der Waals surface area contributed by atoms with E-state index in [1.165, 1.54) is 0 Å². The molecule has 0 unspecified atom stereocenters. The molecule has 0 bridgehead atoms. The smallest absolute Gasteiger partial charge is 0.409 e. The van der Waals surface area contributed by atoms with Gasteiger partial charge in [-0.25, -0.2) is 4.79 Å². The molecular formula is C15H16N2O3. The van der Waals surface area contributed by atoms with Crippen molar-refractivity contribution in [1.29, 1.82) is 0 Å². The highest BCUT2D eigenvalue weighted by atomic mass is 16.5. The number of amides is 1. The summed E-state index contributed by atoms with van der Waals surface area (Å²) in [6.45, 7) is 0.867. The molecule has 2 rings (SSSR count). The second kappa shape index (κ2) is 6.58. The first kappa shape index (κ1) is 13.9. The Hall–Kier alpha value is -2.53. The molecule has 5 heteroatoms. The topological polar surface area (TPSA) is 84.6 Å². The van der Waals surface area contributed by atoms with E-state index in [-0.39, 0.29) is 0 Å². The summed E-state index contributed by atoms with van der Waals surface area (Å²) >= 11 is 0. The van der Waals surface area contributed by atoms with Crippen LogP contribution in [-0.2, 0) is 18.0 Å². The van der Waals surface area contributed by atoms with E-state index in [0.717, 1.165) is 11.1 Å². The predicted molar refractivity (Wildman–Crippen MR) is 77.4 cm³/mol. The molecule has 0 aromatic heterocycles. The lowest BCUT2D eigenvalue weighted by Crippen LogP contribution is -2.07. The number of benzene rings is 2. The highest BCUT2D eigenvalue weighted by molar-refractivity contribution is 5.82. The van der Waals surface area contributed by atoms with Gasteiger partial charge in [-0.3, -0.25) is 5.32 Å². The summed E-state index contributed by atoms with van der Waals surface area (Å²) in [7, 11) is 0. The number of hydrogen-bond donors (Lipinski definition) is 3. The number of carboxylic acid groups (broad SMARTS) is 1. The van der Waals surface area contributed by atoms with Crippen molar-refractivity contribution in [1.82, 2.24) is 0 Å². The van der Waals surface area contributed by atoms with E-state index >= 15 is 0 Å². The van der Waals surface area contributed by atoms with Crippen LogP contribution in [0.25, 0.3) is 0 Å². The van der Waals surface area contributed by atoms with Crippen molar-refractivity contribution in [3.8, 4) is 0 Å². The lowest BCUT2D eigenvalue weighted by atomic mass is 10.2. The van der Waals surface area contributed by atoms with Crippen molar-refractivity contribution in [2.24, 2.45) is 0 Å². The summed E-state index contributed by atoms with van der Waals surface area (Å²) in [4.78, 5) is 10.6. The summed E-state index contributed by atoms with van der Waals surface area (Å²) in [5.41, 5.74) is 8.83. The molecular weight excluding hydrogens is 256 g/mol. The van der Waals surface area contributed by atoms with Gasteiger partial charge in [0.05, 0.1) is 13.2 Å². The summed E-state index contributed by atoms with van der Waals surface area (Å²) in [6.07, 6.45) is -1.08. The molecule has 0 aliphatic heterocycles. The standard InChI is InChI=1S/C15H16N2O3/c16-13-5-1-3-11(7-13)9-20-10-12-4-2-6-14(8-12)17-15(18)19/h1-8,17H,9-10,16H2,(H,18,19). The molecule has 2 aromatic carbocycles. The Kier molecular flexibility index (Phi) is 4.57.